The lowest BCUT2D eigenvalue weighted by Gasteiger charge is -2.30. The SMILES string of the molecule is CCC(C)c1cc(C(C)(C)c2ccc(-c3ccc(N(C)c4ccc(-c5cccc(-c6ccc7c(c6)CC7)c5)cc4)cc3)c(C(C)CC)c2)ccc1-c1ccc(C)cc1. The maximum atomic E-state index is 2.50. The van der Waals surface area contributed by atoms with Crippen LogP contribution in [-0.2, 0) is 18.3 Å². The Kier molecular flexibility index (Phi) is 11.0. The summed E-state index contributed by atoms with van der Waals surface area (Å²) in [6.45, 7) is 16.3. The molecule has 292 valence electrons. The van der Waals surface area contributed by atoms with E-state index in [1.807, 2.05) is 0 Å². The Morgan fingerprint density at radius 3 is 1.41 bits per heavy atom. The van der Waals surface area contributed by atoms with Crippen molar-refractivity contribution in [3.05, 3.63) is 191 Å². The van der Waals surface area contributed by atoms with E-state index >= 15 is 0 Å². The quantitative estimate of drug-likeness (QED) is 0.120. The van der Waals surface area contributed by atoms with Gasteiger partial charge in [0.15, 0.2) is 0 Å². The van der Waals surface area contributed by atoms with Gasteiger partial charge in [0.1, 0.15) is 0 Å². The predicted octanol–water partition coefficient (Wildman–Crippen LogP) is 15.9. The highest BCUT2D eigenvalue weighted by molar-refractivity contribution is 5.77. The van der Waals surface area contributed by atoms with Crippen molar-refractivity contribution in [1.29, 1.82) is 0 Å². The smallest absolute Gasteiger partial charge is 0.0408 e. The van der Waals surface area contributed by atoms with Crippen LogP contribution in [0.1, 0.15) is 105 Å². The summed E-state index contributed by atoms with van der Waals surface area (Å²) in [4.78, 5) is 2.28. The van der Waals surface area contributed by atoms with Crippen LogP contribution in [0.25, 0.3) is 44.5 Å². The average Bonchev–Trinajstić information content (AvgIpc) is 3.26. The second-order valence-corrected chi connectivity index (χ2v) is 17.4. The van der Waals surface area contributed by atoms with Gasteiger partial charge in [-0.1, -0.05) is 168 Å². The third-order valence-corrected chi connectivity index (χ3v) is 13.4. The molecular formula is C57H59N. The monoisotopic (exact) mass is 757 g/mol. The molecule has 1 nitrogen and oxygen atoms in total. The lowest BCUT2D eigenvalue weighted by atomic mass is 9.74. The van der Waals surface area contributed by atoms with Gasteiger partial charge in [-0.25, -0.2) is 0 Å². The maximum absolute atomic E-state index is 2.50. The van der Waals surface area contributed by atoms with Crippen molar-refractivity contribution >= 4 is 11.4 Å². The third-order valence-electron chi connectivity index (χ3n) is 13.4. The van der Waals surface area contributed by atoms with Crippen LogP contribution in [0.15, 0.2) is 152 Å². The van der Waals surface area contributed by atoms with Gasteiger partial charge in [-0.3, -0.25) is 0 Å². The van der Waals surface area contributed by atoms with Crippen LogP contribution in [0.3, 0.4) is 0 Å². The Labute approximate surface area is 348 Å². The van der Waals surface area contributed by atoms with Gasteiger partial charge in [0.25, 0.3) is 0 Å². The molecular weight excluding hydrogens is 699 g/mol. The topological polar surface area (TPSA) is 3.24 Å². The second-order valence-electron chi connectivity index (χ2n) is 17.4. The Hall–Kier alpha value is -5.66. The van der Waals surface area contributed by atoms with Gasteiger partial charge >= 0.3 is 0 Å². The normalized spacial score (nSPS) is 13.4. The minimum absolute atomic E-state index is 0.151. The predicted molar refractivity (Wildman–Crippen MR) is 251 cm³/mol. The summed E-state index contributed by atoms with van der Waals surface area (Å²) in [6.07, 6.45) is 4.63. The molecule has 0 aromatic heterocycles. The molecule has 0 N–H and O–H groups in total. The van der Waals surface area contributed by atoms with Crippen LogP contribution in [0.4, 0.5) is 11.4 Å². The number of aryl methyl sites for hydroxylation is 3. The van der Waals surface area contributed by atoms with Gasteiger partial charge in [-0.15, -0.1) is 0 Å². The van der Waals surface area contributed by atoms with Crippen LogP contribution >= 0.6 is 0 Å². The molecule has 2 atom stereocenters. The first-order valence-electron chi connectivity index (χ1n) is 21.6. The first-order valence-corrected chi connectivity index (χ1v) is 21.6. The third kappa shape index (κ3) is 7.68. The number of nitrogens with zero attached hydrogens (tertiary/aromatic N) is 1. The van der Waals surface area contributed by atoms with Crippen molar-refractivity contribution in [2.45, 2.75) is 91.4 Å². The minimum atomic E-state index is -0.151. The second kappa shape index (κ2) is 16.3. The number of benzene rings is 7. The zero-order valence-electron chi connectivity index (χ0n) is 35.9. The maximum Gasteiger partial charge on any atom is 0.0408 e. The fourth-order valence-electron chi connectivity index (χ4n) is 8.73. The van der Waals surface area contributed by atoms with Crippen LogP contribution in [0.5, 0.6) is 0 Å². The van der Waals surface area contributed by atoms with Crippen LogP contribution in [-0.4, -0.2) is 7.05 Å². The molecule has 0 saturated carbocycles. The molecule has 0 fully saturated rings. The summed E-state index contributed by atoms with van der Waals surface area (Å²) in [5.41, 5.74) is 22.4. The summed E-state index contributed by atoms with van der Waals surface area (Å²) in [5, 5.41) is 0. The van der Waals surface area contributed by atoms with E-state index in [-0.39, 0.29) is 5.41 Å². The molecule has 0 spiro atoms. The largest absolute Gasteiger partial charge is 0.345 e. The molecule has 1 aliphatic rings. The summed E-state index contributed by atoms with van der Waals surface area (Å²) in [5.74, 6) is 0.917. The first kappa shape index (κ1) is 39.2. The molecule has 7 aromatic carbocycles. The summed E-state index contributed by atoms with van der Waals surface area (Å²) >= 11 is 0. The lowest BCUT2D eigenvalue weighted by Crippen LogP contribution is -2.20. The van der Waals surface area contributed by atoms with Crippen LogP contribution in [0, 0.1) is 6.92 Å². The van der Waals surface area contributed by atoms with Gasteiger partial charge in [0.05, 0.1) is 0 Å². The highest BCUT2D eigenvalue weighted by Gasteiger charge is 2.27. The molecule has 0 bridgehead atoms. The molecule has 58 heavy (non-hydrogen) atoms. The fourth-order valence-corrected chi connectivity index (χ4v) is 8.73. The molecule has 7 aromatic rings. The van der Waals surface area contributed by atoms with Gasteiger partial charge < -0.3 is 4.90 Å². The van der Waals surface area contributed by atoms with E-state index in [9.17, 15) is 0 Å². The number of hydrogen-bond acceptors (Lipinski definition) is 1. The molecule has 8 rings (SSSR count). The van der Waals surface area contributed by atoms with E-state index in [1.54, 1.807) is 0 Å². The van der Waals surface area contributed by atoms with Crippen molar-refractivity contribution in [2.24, 2.45) is 0 Å². The fraction of sp³-hybridized carbons (Fsp3) is 0.263. The molecule has 2 unspecified atom stereocenters. The van der Waals surface area contributed by atoms with Crippen LogP contribution < -0.4 is 4.90 Å². The van der Waals surface area contributed by atoms with E-state index in [0.717, 1.165) is 12.8 Å². The number of rotatable bonds is 12. The lowest BCUT2D eigenvalue weighted by molar-refractivity contribution is 0.632. The van der Waals surface area contributed by atoms with E-state index in [4.69, 9.17) is 0 Å². The van der Waals surface area contributed by atoms with Crippen molar-refractivity contribution in [2.75, 3.05) is 11.9 Å². The Bertz CT molecular complexity index is 2530. The number of fused-ring (bicyclic) bond motifs is 1. The van der Waals surface area contributed by atoms with Gasteiger partial charge in [0, 0.05) is 23.8 Å². The Balaban J connectivity index is 1.03. The molecule has 0 aliphatic heterocycles. The zero-order valence-corrected chi connectivity index (χ0v) is 35.9. The van der Waals surface area contributed by atoms with E-state index in [2.05, 4.69) is 212 Å². The summed E-state index contributed by atoms with van der Waals surface area (Å²) in [7, 11) is 2.16. The first-order chi connectivity index (χ1) is 28.0. The average molecular weight is 758 g/mol. The summed E-state index contributed by atoms with van der Waals surface area (Å²) in [6, 6.07) is 57.5. The van der Waals surface area contributed by atoms with Crippen molar-refractivity contribution in [3.63, 3.8) is 0 Å². The summed E-state index contributed by atoms with van der Waals surface area (Å²) < 4.78 is 0. The highest BCUT2D eigenvalue weighted by atomic mass is 15.1. The highest BCUT2D eigenvalue weighted by Crippen LogP contribution is 2.42. The molecule has 1 heteroatoms. The van der Waals surface area contributed by atoms with Crippen molar-refractivity contribution < 1.29 is 0 Å². The van der Waals surface area contributed by atoms with Crippen molar-refractivity contribution in [3.8, 4) is 44.5 Å². The van der Waals surface area contributed by atoms with Gasteiger partial charge in [0.2, 0.25) is 0 Å². The molecule has 0 heterocycles. The standard InChI is InChI=1S/C57H59N/c1-9-39(4)55-36-49(26-32-53(55)43-16-14-38(3)15-17-43)57(6,7)50-27-33-54(56(37-50)40(5)10-2)44-24-30-52(31-25-44)58(8)51-28-22-42(23-29-51)45-12-11-13-46(34-45)48-21-19-41-18-20-47(41)35-48/h11-17,19,21-37,39-40H,9-10,18,20H2,1-8H3. The Morgan fingerprint density at radius 2 is 0.931 bits per heavy atom. The van der Waals surface area contributed by atoms with E-state index < -0.39 is 0 Å². The number of anilines is 2. The van der Waals surface area contributed by atoms with E-state index in [0.29, 0.717) is 11.8 Å². The van der Waals surface area contributed by atoms with Crippen molar-refractivity contribution in [1.82, 2.24) is 0 Å². The number of hydrogen-bond donors (Lipinski definition) is 0. The van der Waals surface area contributed by atoms with Crippen LogP contribution in [0.2, 0.25) is 0 Å². The molecule has 0 amide bonds. The molecule has 1 aliphatic carbocycles. The zero-order chi connectivity index (χ0) is 40.6. The Morgan fingerprint density at radius 1 is 0.483 bits per heavy atom. The minimum Gasteiger partial charge on any atom is -0.345 e. The van der Waals surface area contributed by atoms with Gasteiger partial charge in [-0.2, -0.15) is 0 Å². The molecule has 0 radical (unpaired) electrons. The van der Waals surface area contributed by atoms with E-state index in [1.165, 1.54) is 108 Å². The van der Waals surface area contributed by atoms with Gasteiger partial charge in [-0.05, 0) is 153 Å². The molecule has 0 saturated heterocycles.